The predicted molar refractivity (Wildman–Crippen MR) is 74.8 cm³/mol. The zero-order valence-electron chi connectivity index (χ0n) is 11.7. The van der Waals surface area contributed by atoms with Gasteiger partial charge in [-0.1, -0.05) is 25.7 Å². The molecule has 0 spiro atoms. The van der Waals surface area contributed by atoms with Crippen LogP contribution in [0.3, 0.4) is 0 Å². The Morgan fingerprint density at radius 3 is 2.57 bits per heavy atom. The van der Waals surface area contributed by atoms with Crippen LogP contribution in [0.5, 0.6) is 0 Å². The minimum Gasteiger partial charge on any atom is -0.320 e. The lowest BCUT2D eigenvalue weighted by Gasteiger charge is -2.11. The summed E-state index contributed by atoms with van der Waals surface area (Å²) in [6.45, 7) is 3.76. The first kappa shape index (κ1) is 15.9. The second-order valence-corrected chi connectivity index (χ2v) is 7.29. The van der Waals surface area contributed by atoms with Crippen molar-refractivity contribution in [3.63, 3.8) is 0 Å². The average Bonchev–Trinajstić information content (AvgIpc) is 2.91. The zero-order valence-corrected chi connectivity index (χ0v) is 12.5. The van der Waals surface area contributed by atoms with Crippen molar-refractivity contribution in [2.45, 2.75) is 31.2 Å². The smallest absolute Gasteiger partial charge is 0.245 e. The molecule has 0 radical (unpaired) electrons. The van der Waals surface area contributed by atoms with Gasteiger partial charge >= 0.3 is 0 Å². The zero-order chi connectivity index (χ0) is 15.8. The molecular formula is C14H16F2N2O2S. The molecule has 0 heterocycles. The summed E-state index contributed by atoms with van der Waals surface area (Å²) in [7, 11) is -4.11. The van der Waals surface area contributed by atoms with Gasteiger partial charge in [0, 0.05) is 12.1 Å². The first-order valence-corrected chi connectivity index (χ1v) is 7.86. The quantitative estimate of drug-likeness (QED) is 0.827. The van der Waals surface area contributed by atoms with Crippen molar-refractivity contribution in [3.05, 3.63) is 29.3 Å². The third-order valence-electron chi connectivity index (χ3n) is 3.41. The number of hydrogen-bond acceptors (Lipinski definition) is 3. The molecule has 114 valence electrons. The number of hydrogen-bond donors (Lipinski definition) is 2. The summed E-state index contributed by atoms with van der Waals surface area (Å²) < 4.78 is 54.3. The maximum Gasteiger partial charge on any atom is 0.245 e. The normalized spacial score (nSPS) is 19.8. The molecular weight excluding hydrogens is 298 g/mol. The molecule has 1 atom stereocenters. The minimum absolute atomic E-state index is 0.0410. The fraction of sp³-hybridized carbons (Fsp3) is 0.429. The predicted octanol–water partition coefficient (Wildman–Crippen LogP) is 1.35. The summed E-state index contributed by atoms with van der Waals surface area (Å²) in [4.78, 5) is -0.632. The van der Waals surface area contributed by atoms with E-state index in [1.807, 2.05) is 13.8 Å². The van der Waals surface area contributed by atoms with Crippen molar-refractivity contribution in [1.29, 1.82) is 0 Å². The highest BCUT2D eigenvalue weighted by Crippen LogP contribution is 2.45. The van der Waals surface area contributed by atoms with Crippen molar-refractivity contribution >= 4 is 10.0 Å². The van der Waals surface area contributed by atoms with E-state index in [0.29, 0.717) is 12.5 Å². The third kappa shape index (κ3) is 3.40. The van der Waals surface area contributed by atoms with Crippen LogP contribution in [0.15, 0.2) is 17.0 Å². The number of nitrogens with one attached hydrogen (secondary N) is 1. The molecule has 21 heavy (non-hydrogen) atoms. The van der Waals surface area contributed by atoms with Crippen LogP contribution in [0, 0.1) is 28.9 Å². The molecule has 1 aromatic carbocycles. The standard InChI is InChI=1S/C14H16F2N2O2S/c1-14(2)8-12(14)18-21(19,20)13-9(4-3-5-17)6-10(15)7-11(13)16/h6-7,12,18H,5,8,17H2,1-2H3. The van der Waals surface area contributed by atoms with Crippen LogP contribution >= 0.6 is 0 Å². The van der Waals surface area contributed by atoms with E-state index in [1.165, 1.54) is 0 Å². The molecule has 7 heteroatoms. The lowest BCUT2D eigenvalue weighted by molar-refractivity contribution is 0.532. The number of benzene rings is 1. The van der Waals surface area contributed by atoms with E-state index in [-0.39, 0.29) is 23.6 Å². The van der Waals surface area contributed by atoms with Gasteiger partial charge in [-0.3, -0.25) is 0 Å². The van der Waals surface area contributed by atoms with Crippen LogP contribution in [-0.4, -0.2) is 21.0 Å². The lowest BCUT2D eigenvalue weighted by atomic mass is 10.2. The molecule has 1 fully saturated rings. The summed E-state index contributed by atoms with van der Waals surface area (Å²) in [6.07, 6.45) is 0.666. The maximum atomic E-state index is 13.9. The largest absolute Gasteiger partial charge is 0.320 e. The molecule has 1 unspecified atom stereocenters. The summed E-state index contributed by atoms with van der Waals surface area (Å²) in [5.74, 6) is 2.76. The Morgan fingerprint density at radius 1 is 1.43 bits per heavy atom. The summed E-state index contributed by atoms with van der Waals surface area (Å²) >= 11 is 0. The van der Waals surface area contributed by atoms with Gasteiger partial charge in [-0.05, 0) is 17.9 Å². The van der Waals surface area contributed by atoms with Gasteiger partial charge in [-0.25, -0.2) is 21.9 Å². The third-order valence-corrected chi connectivity index (χ3v) is 4.96. The Labute approximate surface area is 122 Å². The average molecular weight is 314 g/mol. The van der Waals surface area contributed by atoms with Crippen LogP contribution in [-0.2, 0) is 10.0 Å². The Bertz CT molecular complexity index is 733. The summed E-state index contributed by atoms with van der Waals surface area (Å²) in [5.41, 5.74) is 4.82. The van der Waals surface area contributed by atoms with Crippen LogP contribution < -0.4 is 10.5 Å². The molecule has 3 N–H and O–H groups in total. The molecule has 0 saturated heterocycles. The molecule has 1 aliphatic carbocycles. The number of nitrogens with two attached hydrogens (primary N) is 1. The highest BCUT2D eigenvalue weighted by Gasteiger charge is 2.48. The highest BCUT2D eigenvalue weighted by atomic mass is 32.2. The summed E-state index contributed by atoms with van der Waals surface area (Å²) in [5, 5.41) is 0. The van der Waals surface area contributed by atoms with Crippen molar-refractivity contribution in [1.82, 2.24) is 4.72 Å². The van der Waals surface area contributed by atoms with E-state index in [0.717, 1.165) is 6.07 Å². The van der Waals surface area contributed by atoms with Gasteiger partial charge < -0.3 is 5.73 Å². The van der Waals surface area contributed by atoms with Crippen LogP contribution in [0.4, 0.5) is 8.78 Å². The number of rotatable bonds is 3. The van der Waals surface area contributed by atoms with Crippen molar-refractivity contribution in [2.75, 3.05) is 6.54 Å². The van der Waals surface area contributed by atoms with E-state index in [4.69, 9.17) is 5.73 Å². The molecule has 0 aliphatic heterocycles. The van der Waals surface area contributed by atoms with Gasteiger partial charge in [-0.15, -0.1) is 0 Å². The lowest BCUT2D eigenvalue weighted by Crippen LogP contribution is -2.30. The first-order chi connectivity index (χ1) is 9.67. The topological polar surface area (TPSA) is 72.2 Å². The molecule has 0 amide bonds. The molecule has 1 saturated carbocycles. The van der Waals surface area contributed by atoms with Gasteiger partial charge in [0.2, 0.25) is 10.0 Å². The van der Waals surface area contributed by atoms with Crippen molar-refractivity contribution < 1.29 is 17.2 Å². The van der Waals surface area contributed by atoms with Gasteiger partial charge in [0.1, 0.15) is 16.5 Å². The van der Waals surface area contributed by atoms with Crippen LogP contribution in [0.2, 0.25) is 0 Å². The molecule has 1 aromatic rings. The maximum absolute atomic E-state index is 13.9. The Hall–Kier alpha value is -1.49. The Balaban J connectivity index is 2.47. The number of halogens is 2. The monoisotopic (exact) mass is 314 g/mol. The molecule has 1 aliphatic rings. The number of sulfonamides is 1. The molecule has 4 nitrogen and oxygen atoms in total. The Kier molecular flexibility index (Phi) is 4.06. The SMILES string of the molecule is CC1(C)CC1NS(=O)(=O)c1c(F)cc(F)cc1C#CCN. The van der Waals surface area contributed by atoms with Gasteiger partial charge in [0.25, 0.3) is 0 Å². The highest BCUT2D eigenvalue weighted by molar-refractivity contribution is 7.89. The molecule has 0 bridgehead atoms. The van der Waals surface area contributed by atoms with Gasteiger partial charge in [0.15, 0.2) is 0 Å². The minimum atomic E-state index is -4.11. The van der Waals surface area contributed by atoms with Gasteiger partial charge in [0.05, 0.1) is 12.1 Å². The van der Waals surface area contributed by atoms with E-state index in [9.17, 15) is 17.2 Å². The first-order valence-electron chi connectivity index (χ1n) is 6.38. The van der Waals surface area contributed by atoms with E-state index >= 15 is 0 Å². The van der Waals surface area contributed by atoms with E-state index < -0.39 is 26.6 Å². The molecule has 2 rings (SSSR count). The van der Waals surface area contributed by atoms with Crippen LogP contribution in [0.25, 0.3) is 0 Å². The fourth-order valence-corrected chi connectivity index (χ4v) is 3.60. The van der Waals surface area contributed by atoms with E-state index in [2.05, 4.69) is 16.6 Å². The second kappa shape index (κ2) is 5.37. The van der Waals surface area contributed by atoms with Crippen LogP contribution in [0.1, 0.15) is 25.8 Å². The molecule has 0 aromatic heterocycles. The fourth-order valence-electron chi connectivity index (χ4n) is 1.99. The second-order valence-electron chi connectivity index (χ2n) is 5.64. The summed E-state index contributed by atoms with van der Waals surface area (Å²) in [6, 6.07) is 1.15. The Morgan fingerprint density at radius 2 is 2.05 bits per heavy atom. The van der Waals surface area contributed by atoms with Crippen molar-refractivity contribution in [2.24, 2.45) is 11.1 Å². The van der Waals surface area contributed by atoms with E-state index in [1.54, 1.807) is 0 Å². The van der Waals surface area contributed by atoms with Gasteiger partial charge in [-0.2, -0.15) is 0 Å². The van der Waals surface area contributed by atoms with Crippen molar-refractivity contribution in [3.8, 4) is 11.8 Å².